The van der Waals surface area contributed by atoms with Crippen LogP contribution in [-0.4, -0.2) is 22.3 Å². The van der Waals surface area contributed by atoms with Gasteiger partial charge in [-0.1, -0.05) is 6.07 Å². The summed E-state index contributed by atoms with van der Waals surface area (Å²) < 4.78 is 0. The fourth-order valence-corrected chi connectivity index (χ4v) is 1.73. The van der Waals surface area contributed by atoms with Crippen LogP contribution in [0.4, 0.5) is 0 Å². The summed E-state index contributed by atoms with van der Waals surface area (Å²) in [4.78, 5) is 11.9. The number of carbonyl (C=O) groups excluding carboxylic acids is 1. The first-order chi connectivity index (χ1) is 9.97. The van der Waals surface area contributed by atoms with Gasteiger partial charge < -0.3 is 10.2 Å². The third-order valence-electron chi connectivity index (χ3n) is 3.15. The van der Waals surface area contributed by atoms with E-state index >= 15 is 0 Å². The van der Waals surface area contributed by atoms with Crippen LogP contribution in [0.15, 0.2) is 41.5 Å². The molecule has 0 aliphatic rings. The lowest BCUT2D eigenvalue weighted by atomic mass is 10.1. The van der Waals surface area contributed by atoms with Gasteiger partial charge in [-0.15, -0.1) is 0 Å². The number of carbonyl (C=O) groups is 1. The minimum Gasteiger partial charge on any atom is -0.504 e. The Kier molecular flexibility index (Phi) is 4.23. The van der Waals surface area contributed by atoms with Crippen LogP contribution in [0.25, 0.3) is 0 Å². The van der Waals surface area contributed by atoms with E-state index in [-0.39, 0.29) is 17.4 Å². The van der Waals surface area contributed by atoms with Gasteiger partial charge in [0.25, 0.3) is 5.91 Å². The number of phenolic OH excluding ortho intramolecular Hbond substituents is 2. The minimum absolute atomic E-state index is 0.202. The van der Waals surface area contributed by atoms with E-state index in [1.54, 1.807) is 18.2 Å². The number of hydrogen-bond donors (Lipinski definition) is 3. The SMILES string of the molecule is Cc1ccc(C(=O)NN=Cc2ccc(O)c(O)c2)cc1C. The molecule has 1 amide bonds. The lowest BCUT2D eigenvalue weighted by molar-refractivity contribution is 0.0955. The van der Waals surface area contributed by atoms with Crippen molar-refractivity contribution in [3.05, 3.63) is 58.7 Å². The Morgan fingerprint density at radius 3 is 2.48 bits per heavy atom. The van der Waals surface area contributed by atoms with Crippen LogP contribution in [-0.2, 0) is 0 Å². The predicted molar refractivity (Wildman–Crippen MR) is 80.7 cm³/mol. The Balaban J connectivity index is 2.04. The van der Waals surface area contributed by atoms with Crippen molar-refractivity contribution in [1.82, 2.24) is 5.43 Å². The Hall–Kier alpha value is -2.82. The van der Waals surface area contributed by atoms with E-state index < -0.39 is 0 Å². The van der Waals surface area contributed by atoms with Crippen molar-refractivity contribution < 1.29 is 15.0 Å². The number of amides is 1. The van der Waals surface area contributed by atoms with Gasteiger partial charge in [0.05, 0.1) is 6.21 Å². The number of phenols is 2. The monoisotopic (exact) mass is 284 g/mol. The number of hydrazone groups is 1. The smallest absolute Gasteiger partial charge is 0.271 e. The summed E-state index contributed by atoms with van der Waals surface area (Å²) in [5.74, 6) is -0.747. The molecule has 0 radical (unpaired) electrons. The van der Waals surface area contributed by atoms with Crippen molar-refractivity contribution in [3.8, 4) is 11.5 Å². The first-order valence-corrected chi connectivity index (χ1v) is 6.40. The van der Waals surface area contributed by atoms with Crippen LogP contribution in [0, 0.1) is 13.8 Å². The topological polar surface area (TPSA) is 81.9 Å². The molecule has 0 spiro atoms. The summed E-state index contributed by atoms with van der Waals surface area (Å²) in [5, 5.41) is 22.4. The van der Waals surface area contributed by atoms with Crippen LogP contribution in [0.3, 0.4) is 0 Å². The Morgan fingerprint density at radius 1 is 1.05 bits per heavy atom. The Labute approximate surface area is 122 Å². The number of benzene rings is 2. The Bertz CT molecular complexity index is 709. The molecule has 0 atom stereocenters. The fraction of sp³-hybridized carbons (Fsp3) is 0.125. The molecule has 0 aromatic heterocycles. The van der Waals surface area contributed by atoms with E-state index in [4.69, 9.17) is 0 Å². The largest absolute Gasteiger partial charge is 0.504 e. The molecule has 5 nitrogen and oxygen atoms in total. The van der Waals surface area contributed by atoms with E-state index in [2.05, 4.69) is 10.5 Å². The molecule has 0 aliphatic carbocycles. The molecule has 2 rings (SSSR count). The molecular weight excluding hydrogens is 268 g/mol. The van der Waals surface area contributed by atoms with Crippen molar-refractivity contribution in [1.29, 1.82) is 0 Å². The summed E-state index contributed by atoms with van der Waals surface area (Å²) in [6.45, 7) is 3.92. The highest BCUT2D eigenvalue weighted by molar-refractivity contribution is 5.95. The predicted octanol–water partition coefficient (Wildman–Crippen LogP) is 2.48. The number of nitrogens with zero attached hydrogens (tertiary/aromatic N) is 1. The van der Waals surface area contributed by atoms with Crippen LogP contribution in [0.2, 0.25) is 0 Å². The molecule has 2 aromatic rings. The highest BCUT2D eigenvalue weighted by Gasteiger charge is 2.05. The first kappa shape index (κ1) is 14.6. The standard InChI is InChI=1S/C16H16N2O3/c1-10-3-5-13(7-11(10)2)16(21)18-17-9-12-4-6-14(19)15(20)8-12/h3-9,19-20H,1-2H3,(H,18,21). The molecule has 21 heavy (non-hydrogen) atoms. The van der Waals surface area contributed by atoms with Gasteiger partial charge in [0.15, 0.2) is 11.5 Å². The molecule has 5 heteroatoms. The molecule has 108 valence electrons. The maximum absolute atomic E-state index is 11.9. The van der Waals surface area contributed by atoms with Crippen molar-refractivity contribution in [2.45, 2.75) is 13.8 Å². The van der Waals surface area contributed by atoms with E-state index in [1.807, 2.05) is 19.9 Å². The van der Waals surface area contributed by atoms with Gasteiger partial charge in [-0.3, -0.25) is 4.79 Å². The minimum atomic E-state index is -0.308. The summed E-state index contributed by atoms with van der Waals surface area (Å²) in [7, 11) is 0. The van der Waals surface area contributed by atoms with Crippen LogP contribution in [0.5, 0.6) is 11.5 Å². The van der Waals surface area contributed by atoms with Gasteiger partial charge in [-0.2, -0.15) is 5.10 Å². The lowest BCUT2D eigenvalue weighted by Crippen LogP contribution is -2.17. The zero-order chi connectivity index (χ0) is 15.4. The van der Waals surface area contributed by atoms with Gasteiger partial charge in [0.2, 0.25) is 0 Å². The molecule has 0 saturated heterocycles. The molecule has 0 aliphatic heterocycles. The number of aromatic hydroxyl groups is 2. The number of nitrogens with one attached hydrogen (secondary N) is 1. The molecular formula is C16H16N2O3. The highest BCUT2D eigenvalue weighted by atomic mass is 16.3. The van der Waals surface area contributed by atoms with E-state index in [0.717, 1.165) is 11.1 Å². The fourth-order valence-electron chi connectivity index (χ4n) is 1.73. The van der Waals surface area contributed by atoms with Gasteiger partial charge >= 0.3 is 0 Å². The molecule has 0 bridgehead atoms. The summed E-state index contributed by atoms with van der Waals surface area (Å²) >= 11 is 0. The third kappa shape index (κ3) is 3.60. The second kappa shape index (κ2) is 6.09. The molecule has 0 fully saturated rings. The lowest BCUT2D eigenvalue weighted by Gasteiger charge is -2.04. The van der Waals surface area contributed by atoms with Crippen molar-refractivity contribution >= 4 is 12.1 Å². The van der Waals surface area contributed by atoms with E-state index in [9.17, 15) is 15.0 Å². The molecule has 0 saturated carbocycles. The molecule has 2 aromatic carbocycles. The third-order valence-corrected chi connectivity index (χ3v) is 3.15. The number of rotatable bonds is 3. The first-order valence-electron chi connectivity index (χ1n) is 6.40. The molecule has 0 heterocycles. The quantitative estimate of drug-likeness (QED) is 0.460. The zero-order valence-corrected chi connectivity index (χ0v) is 11.8. The van der Waals surface area contributed by atoms with Crippen molar-refractivity contribution in [2.24, 2.45) is 5.10 Å². The summed E-state index contributed by atoms with van der Waals surface area (Å²) in [5.41, 5.74) is 5.66. The van der Waals surface area contributed by atoms with Crippen LogP contribution in [0.1, 0.15) is 27.0 Å². The number of hydrogen-bond acceptors (Lipinski definition) is 4. The second-order valence-electron chi connectivity index (χ2n) is 4.75. The number of aryl methyl sites for hydroxylation is 2. The van der Waals surface area contributed by atoms with Gasteiger partial charge in [0.1, 0.15) is 0 Å². The molecule has 3 N–H and O–H groups in total. The van der Waals surface area contributed by atoms with Gasteiger partial charge in [-0.25, -0.2) is 5.43 Å². The van der Waals surface area contributed by atoms with Crippen molar-refractivity contribution in [3.63, 3.8) is 0 Å². The van der Waals surface area contributed by atoms with Gasteiger partial charge in [-0.05, 0) is 60.9 Å². The summed E-state index contributed by atoms with van der Waals surface area (Å²) in [6, 6.07) is 9.68. The van der Waals surface area contributed by atoms with E-state index in [1.165, 1.54) is 18.3 Å². The van der Waals surface area contributed by atoms with Gasteiger partial charge in [0, 0.05) is 5.56 Å². The average molecular weight is 284 g/mol. The van der Waals surface area contributed by atoms with Crippen LogP contribution < -0.4 is 5.43 Å². The van der Waals surface area contributed by atoms with Crippen LogP contribution >= 0.6 is 0 Å². The van der Waals surface area contributed by atoms with Crippen molar-refractivity contribution in [2.75, 3.05) is 0 Å². The summed E-state index contributed by atoms with van der Waals surface area (Å²) in [6.07, 6.45) is 1.39. The maximum atomic E-state index is 11.9. The maximum Gasteiger partial charge on any atom is 0.271 e. The normalized spacial score (nSPS) is 10.8. The Morgan fingerprint density at radius 2 is 1.81 bits per heavy atom. The highest BCUT2D eigenvalue weighted by Crippen LogP contribution is 2.23. The molecule has 0 unspecified atom stereocenters. The van der Waals surface area contributed by atoms with E-state index in [0.29, 0.717) is 11.1 Å². The second-order valence-corrected chi connectivity index (χ2v) is 4.75. The zero-order valence-electron chi connectivity index (χ0n) is 11.8. The average Bonchev–Trinajstić information content (AvgIpc) is 2.45.